The van der Waals surface area contributed by atoms with Gasteiger partial charge in [0.05, 0.1) is 10.6 Å². The van der Waals surface area contributed by atoms with Crippen molar-refractivity contribution >= 4 is 20.0 Å². The Bertz CT molecular complexity index is 671. The molecule has 1 aliphatic heterocycles. The third-order valence-electron chi connectivity index (χ3n) is 3.55. The molecule has 0 radical (unpaired) electrons. The first-order valence-electron chi connectivity index (χ1n) is 6.91. The topological polar surface area (TPSA) is 74.8 Å². The van der Waals surface area contributed by atoms with Gasteiger partial charge < -0.3 is 0 Å². The summed E-state index contributed by atoms with van der Waals surface area (Å²) in [6, 6.07) is 8.23. The second kappa shape index (κ2) is 6.43. The van der Waals surface area contributed by atoms with E-state index < -0.39 is 20.0 Å². The van der Waals surface area contributed by atoms with Gasteiger partial charge in [0.1, 0.15) is 0 Å². The van der Waals surface area contributed by atoms with E-state index in [4.69, 9.17) is 0 Å². The Kier molecular flexibility index (Phi) is 5.03. The Morgan fingerprint density at radius 1 is 0.905 bits per heavy atom. The van der Waals surface area contributed by atoms with Gasteiger partial charge in [0.25, 0.3) is 0 Å². The molecule has 1 heterocycles. The van der Waals surface area contributed by atoms with Gasteiger partial charge in [-0.3, -0.25) is 0 Å². The fourth-order valence-corrected chi connectivity index (χ4v) is 4.94. The molecule has 0 N–H and O–H groups in total. The summed E-state index contributed by atoms with van der Waals surface area (Å²) < 4.78 is 51.6. The summed E-state index contributed by atoms with van der Waals surface area (Å²) in [5.41, 5.74) is 0. The number of rotatable bonds is 4. The van der Waals surface area contributed by atoms with Gasteiger partial charge in [-0.05, 0) is 25.5 Å². The van der Waals surface area contributed by atoms with Crippen LogP contribution in [0.1, 0.15) is 13.3 Å². The Hall–Kier alpha value is -0.960. The minimum Gasteiger partial charge on any atom is -0.212 e. The first-order chi connectivity index (χ1) is 9.88. The van der Waals surface area contributed by atoms with Crippen molar-refractivity contribution in [3.05, 3.63) is 30.3 Å². The van der Waals surface area contributed by atoms with E-state index >= 15 is 0 Å². The molecule has 1 aliphatic rings. The molecule has 6 nitrogen and oxygen atoms in total. The normalized spacial score (nSPS) is 19.3. The molecule has 0 bridgehead atoms. The Morgan fingerprint density at radius 3 is 2.10 bits per heavy atom. The number of sulfonamides is 2. The first-order valence-corrected chi connectivity index (χ1v) is 9.96. The molecule has 0 saturated carbocycles. The van der Waals surface area contributed by atoms with Gasteiger partial charge in [0.15, 0.2) is 0 Å². The van der Waals surface area contributed by atoms with Crippen LogP contribution >= 0.6 is 0 Å². The summed E-state index contributed by atoms with van der Waals surface area (Å²) in [7, 11) is -6.82. The van der Waals surface area contributed by atoms with Crippen LogP contribution in [-0.4, -0.2) is 57.4 Å². The lowest BCUT2D eigenvalue weighted by atomic mass is 10.4. The van der Waals surface area contributed by atoms with Gasteiger partial charge in [0.2, 0.25) is 20.0 Å². The lowest BCUT2D eigenvalue weighted by Gasteiger charge is -2.21. The molecule has 8 heteroatoms. The molecule has 0 amide bonds. The number of hydrogen-bond donors (Lipinski definition) is 0. The third-order valence-corrected chi connectivity index (χ3v) is 7.35. The van der Waals surface area contributed by atoms with Gasteiger partial charge in [-0.25, -0.2) is 21.1 Å². The summed E-state index contributed by atoms with van der Waals surface area (Å²) >= 11 is 0. The van der Waals surface area contributed by atoms with E-state index in [0.717, 1.165) is 0 Å². The van der Waals surface area contributed by atoms with Gasteiger partial charge in [0, 0.05) is 26.2 Å². The summed E-state index contributed by atoms with van der Waals surface area (Å²) in [6.45, 7) is 2.71. The van der Waals surface area contributed by atoms with E-state index in [2.05, 4.69) is 0 Å². The molecule has 0 aliphatic carbocycles. The van der Waals surface area contributed by atoms with E-state index in [0.29, 0.717) is 19.5 Å². The second-order valence-electron chi connectivity index (χ2n) is 4.87. The number of nitrogens with zero attached hydrogens (tertiary/aromatic N) is 2. The Balaban J connectivity index is 2.17. The summed E-state index contributed by atoms with van der Waals surface area (Å²) in [6.07, 6.45) is 0.505. The third kappa shape index (κ3) is 3.63. The van der Waals surface area contributed by atoms with Crippen molar-refractivity contribution in [2.75, 3.05) is 31.9 Å². The fraction of sp³-hybridized carbons (Fsp3) is 0.538. The largest absolute Gasteiger partial charge is 0.243 e. The molecule has 118 valence electrons. The highest BCUT2D eigenvalue weighted by Gasteiger charge is 2.29. The zero-order valence-electron chi connectivity index (χ0n) is 12.0. The lowest BCUT2D eigenvalue weighted by molar-refractivity contribution is 0.405. The molecule has 21 heavy (non-hydrogen) atoms. The van der Waals surface area contributed by atoms with Crippen LogP contribution in [0.3, 0.4) is 0 Å². The van der Waals surface area contributed by atoms with Crippen molar-refractivity contribution < 1.29 is 16.8 Å². The van der Waals surface area contributed by atoms with Gasteiger partial charge >= 0.3 is 0 Å². The molecule has 0 spiro atoms. The maximum Gasteiger partial charge on any atom is 0.243 e. The van der Waals surface area contributed by atoms with Crippen LogP contribution in [0.15, 0.2) is 35.2 Å². The minimum atomic E-state index is -3.55. The van der Waals surface area contributed by atoms with Gasteiger partial charge in [-0.15, -0.1) is 0 Å². The highest BCUT2D eigenvalue weighted by molar-refractivity contribution is 7.89. The van der Waals surface area contributed by atoms with E-state index in [1.165, 1.54) is 8.61 Å². The second-order valence-corrected chi connectivity index (χ2v) is 9.07. The van der Waals surface area contributed by atoms with Crippen LogP contribution in [0.4, 0.5) is 0 Å². The molecule has 1 aromatic carbocycles. The van der Waals surface area contributed by atoms with Crippen LogP contribution in [-0.2, 0) is 20.0 Å². The van der Waals surface area contributed by atoms with Crippen LogP contribution in [0.5, 0.6) is 0 Å². The monoisotopic (exact) mass is 332 g/mol. The molecular weight excluding hydrogens is 312 g/mol. The summed E-state index contributed by atoms with van der Waals surface area (Å²) in [4.78, 5) is 0.247. The molecule has 1 aromatic rings. The highest BCUT2D eigenvalue weighted by Crippen LogP contribution is 2.18. The van der Waals surface area contributed by atoms with E-state index in [1.807, 2.05) is 0 Å². The standard InChI is InChI=1S/C13H20N2O4S2/c1-2-20(16,17)14-9-6-10-15(12-11-14)21(18,19)13-7-4-3-5-8-13/h3-5,7-8H,2,6,9-12H2,1H3. The van der Waals surface area contributed by atoms with Crippen molar-refractivity contribution in [1.82, 2.24) is 8.61 Å². The fourth-order valence-electron chi connectivity index (χ4n) is 2.31. The van der Waals surface area contributed by atoms with Crippen molar-refractivity contribution in [3.8, 4) is 0 Å². The van der Waals surface area contributed by atoms with Crippen molar-refractivity contribution in [2.24, 2.45) is 0 Å². The highest BCUT2D eigenvalue weighted by atomic mass is 32.2. The summed E-state index contributed by atoms with van der Waals surface area (Å²) in [5.74, 6) is 0.0401. The first kappa shape index (κ1) is 16.4. The van der Waals surface area contributed by atoms with Crippen molar-refractivity contribution in [2.45, 2.75) is 18.2 Å². The Labute approximate surface area is 126 Å². The van der Waals surface area contributed by atoms with Crippen molar-refractivity contribution in [1.29, 1.82) is 0 Å². The molecule has 1 saturated heterocycles. The number of benzene rings is 1. The zero-order chi connectivity index (χ0) is 15.5. The SMILES string of the molecule is CCS(=O)(=O)N1CCCN(S(=O)(=O)c2ccccc2)CC1. The van der Waals surface area contributed by atoms with Crippen LogP contribution in [0, 0.1) is 0 Å². The Morgan fingerprint density at radius 2 is 1.48 bits per heavy atom. The quantitative estimate of drug-likeness (QED) is 0.815. The molecule has 0 aromatic heterocycles. The number of hydrogen-bond acceptors (Lipinski definition) is 4. The molecule has 2 rings (SSSR count). The van der Waals surface area contributed by atoms with Crippen LogP contribution in [0.2, 0.25) is 0 Å². The minimum absolute atomic E-state index is 0.0401. The van der Waals surface area contributed by atoms with Crippen LogP contribution in [0.25, 0.3) is 0 Å². The van der Waals surface area contributed by atoms with E-state index in [1.54, 1.807) is 37.3 Å². The zero-order valence-corrected chi connectivity index (χ0v) is 13.6. The van der Waals surface area contributed by atoms with Gasteiger partial charge in [-0.1, -0.05) is 18.2 Å². The maximum atomic E-state index is 12.5. The maximum absolute atomic E-state index is 12.5. The van der Waals surface area contributed by atoms with E-state index in [-0.39, 0.29) is 23.7 Å². The molecule has 0 unspecified atom stereocenters. The van der Waals surface area contributed by atoms with Crippen molar-refractivity contribution in [3.63, 3.8) is 0 Å². The predicted molar refractivity (Wildman–Crippen MR) is 80.9 cm³/mol. The molecule has 0 atom stereocenters. The lowest BCUT2D eigenvalue weighted by Crippen LogP contribution is -2.37. The average Bonchev–Trinajstić information content (AvgIpc) is 2.75. The smallest absolute Gasteiger partial charge is 0.212 e. The van der Waals surface area contributed by atoms with Crippen LogP contribution < -0.4 is 0 Å². The molecule has 1 fully saturated rings. The van der Waals surface area contributed by atoms with E-state index in [9.17, 15) is 16.8 Å². The average molecular weight is 332 g/mol. The van der Waals surface area contributed by atoms with Gasteiger partial charge in [-0.2, -0.15) is 4.31 Å². The summed E-state index contributed by atoms with van der Waals surface area (Å²) in [5, 5.41) is 0. The molecular formula is C13H20N2O4S2. The predicted octanol–water partition coefficient (Wildman–Crippen LogP) is 0.733.